The zero-order chi connectivity index (χ0) is 14.4. The lowest BCUT2D eigenvalue weighted by Gasteiger charge is -2.12. The Bertz CT molecular complexity index is 537. The van der Waals surface area contributed by atoms with Gasteiger partial charge in [0.1, 0.15) is 17.3 Å². The van der Waals surface area contributed by atoms with Crippen LogP contribution >= 0.6 is 0 Å². The summed E-state index contributed by atoms with van der Waals surface area (Å²) in [5.41, 5.74) is 0. The summed E-state index contributed by atoms with van der Waals surface area (Å²) in [6.07, 6.45) is 3.36. The van der Waals surface area contributed by atoms with Gasteiger partial charge < -0.3 is 19.8 Å². The third-order valence-electron chi connectivity index (χ3n) is 2.74. The standard InChI is InChI=1S/C14H17N3O3/c1-10(14-15-7-8-16-14)17-13(18)9-20-12-5-3-11(19-2)4-6-12/h3-8,10H,9H2,1-2H3,(H,15,16)(H,17,18). The molecule has 0 saturated heterocycles. The number of carbonyl (C=O) groups excluding carboxylic acids is 1. The van der Waals surface area contributed by atoms with Gasteiger partial charge in [0.05, 0.1) is 13.2 Å². The summed E-state index contributed by atoms with van der Waals surface area (Å²) in [6, 6.07) is 6.87. The van der Waals surface area contributed by atoms with Crippen LogP contribution in [-0.2, 0) is 4.79 Å². The highest BCUT2D eigenvalue weighted by molar-refractivity contribution is 5.77. The van der Waals surface area contributed by atoms with Crippen LogP contribution in [0.1, 0.15) is 18.8 Å². The van der Waals surface area contributed by atoms with Crippen LogP contribution in [0.5, 0.6) is 11.5 Å². The number of aromatic nitrogens is 2. The van der Waals surface area contributed by atoms with E-state index in [1.807, 2.05) is 6.92 Å². The normalized spacial score (nSPS) is 11.7. The number of rotatable bonds is 6. The lowest BCUT2D eigenvalue weighted by Crippen LogP contribution is -2.31. The largest absolute Gasteiger partial charge is 0.497 e. The first-order chi connectivity index (χ1) is 9.69. The fourth-order valence-corrected chi connectivity index (χ4v) is 1.69. The summed E-state index contributed by atoms with van der Waals surface area (Å²) in [6.45, 7) is 1.81. The number of benzene rings is 1. The fourth-order valence-electron chi connectivity index (χ4n) is 1.69. The Balaban J connectivity index is 1.79. The molecule has 6 heteroatoms. The third-order valence-corrected chi connectivity index (χ3v) is 2.74. The van der Waals surface area contributed by atoms with Crippen LogP contribution in [-0.4, -0.2) is 29.6 Å². The highest BCUT2D eigenvalue weighted by Gasteiger charge is 2.11. The van der Waals surface area contributed by atoms with Crippen LogP contribution < -0.4 is 14.8 Å². The molecule has 0 fully saturated rings. The van der Waals surface area contributed by atoms with E-state index < -0.39 is 0 Å². The second-order valence-corrected chi connectivity index (χ2v) is 4.23. The van der Waals surface area contributed by atoms with Gasteiger partial charge in [-0.25, -0.2) is 4.98 Å². The Morgan fingerprint density at radius 3 is 2.65 bits per heavy atom. The van der Waals surface area contributed by atoms with E-state index in [0.29, 0.717) is 11.6 Å². The number of carbonyl (C=O) groups is 1. The molecule has 0 bridgehead atoms. The highest BCUT2D eigenvalue weighted by Crippen LogP contribution is 2.16. The molecular weight excluding hydrogens is 258 g/mol. The minimum atomic E-state index is -0.204. The van der Waals surface area contributed by atoms with E-state index in [0.717, 1.165) is 5.75 Å². The number of methoxy groups -OCH3 is 1. The number of nitrogens with one attached hydrogen (secondary N) is 2. The monoisotopic (exact) mass is 275 g/mol. The molecule has 2 N–H and O–H groups in total. The van der Waals surface area contributed by atoms with E-state index in [-0.39, 0.29) is 18.6 Å². The van der Waals surface area contributed by atoms with Crippen LogP contribution in [0.25, 0.3) is 0 Å². The van der Waals surface area contributed by atoms with Crippen molar-refractivity contribution < 1.29 is 14.3 Å². The van der Waals surface area contributed by atoms with Gasteiger partial charge in [0.2, 0.25) is 0 Å². The molecule has 0 aliphatic rings. The van der Waals surface area contributed by atoms with Gasteiger partial charge in [0, 0.05) is 12.4 Å². The molecule has 1 aromatic carbocycles. The first kappa shape index (κ1) is 13.9. The molecule has 1 amide bonds. The van der Waals surface area contributed by atoms with Gasteiger partial charge in [0.15, 0.2) is 6.61 Å². The number of imidazole rings is 1. The Hall–Kier alpha value is -2.50. The molecule has 0 aliphatic heterocycles. The number of H-pyrrole nitrogens is 1. The first-order valence-electron chi connectivity index (χ1n) is 6.24. The van der Waals surface area contributed by atoms with Gasteiger partial charge in [-0.1, -0.05) is 0 Å². The maximum atomic E-state index is 11.7. The van der Waals surface area contributed by atoms with E-state index in [2.05, 4.69) is 15.3 Å². The van der Waals surface area contributed by atoms with Crippen LogP contribution in [0.15, 0.2) is 36.7 Å². The summed E-state index contributed by atoms with van der Waals surface area (Å²) in [4.78, 5) is 18.8. The molecule has 0 saturated carbocycles. The second-order valence-electron chi connectivity index (χ2n) is 4.23. The zero-order valence-electron chi connectivity index (χ0n) is 11.4. The number of hydrogen-bond donors (Lipinski definition) is 2. The van der Waals surface area contributed by atoms with Crippen LogP contribution in [0.2, 0.25) is 0 Å². The molecule has 0 radical (unpaired) electrons. The molecule has 20 heavy (non-hydrogen) atoms. The van der Waals surface area contributed by atoms with E-state index in [4.69, 9.17) is 9.47 Å². The van der Waals surface area contributed by atoms with Crippen LogP contribution in [0.3, 0.4) is 0 Å². The van der Waals surface area contributed by atoms with Gasteiger partial charge in [-0.05, 0) is 31.2 Å². The van der Waals surface area contributed by atoms with Crippen molar-refractivity contribution in [2.45, 2.75) is 13.0 Å². The van der Waals surface area contributed by atoms with Crippen LogP contribution in [0, 0.1) is 0 Å². The molecule has 2 aromatic rings. The van der Waals surface area contributed by atoms with Crippen molar-refractivity contribution in [3.63, 3.8) is 0 Å². The van der Waals surface area contributed by atoms with Gasteiger partial charge in [-0.2, -0.15) is 0 Å². The molecule has 1 atom stereocenters. The lowest BCUT2D eigenvalue weighted by molar-refractivity contribution is -0.123. The van der Waals surface area contributed by atoms with Crippen molar-refractivity contribution in [3.8, 4) is 11.5 Å². The maximum Gasteiger partial charge on any atom is 0.258 e. The molecule has 0 spiro atoms. The summed E-state index contributed by atoms with van der Waals surface area (Å²) in [7, 11) is 1.60. The summed E-state index contributed by atoms with van der Waals surface area (Å²) in [5, 5.41) is 2.79. The average Bonchev–Trinajstić information content (AvgIpc) is 3.00. The number of aromatic amines is 1. The van der Waals surface area contributed by atoms with Gasteiger partial charge >= 0.3 is 0 Å². The zero-order valence-corrected chi connectivity index (χ0v) is 11.4. The topological polar surface area (TPSA) is 76.2 Å². The molecule has 2 rings (SSSR count). The third kappa shape index (κ3) is 3.74. The Kier molecular flexibility index (Phi) is 4.60. The molecule has 106 valence electrons. The van der Waals surface area contributed by atoms with Gasteiger partial charge in [0.25, 0.3) is 5.91 Å². The average molecular weight is 275 g/mol. The predicted molar refractivity (Wildman–Crippen MR) is 73.6 cm³/mol. The van der Waals surface area contributed by atoms with Crippen molar-refractivity contribution in [1.29, 1.82) is 0 Å². The SMILES string of the molecule is COc1ccc(OCC(=O)NC(C)c2ncc[nH]2)cc1. The van der Waals surface area contributed by atoms with Gasteiger partial charge in [-0.15, -0.1) is 0 Å². The molecule has 1 aromatic heterocycles. The van der Waals surface area contributed by atoms with Gasteiger partial charge in [-0.3, -0.25) is 4.79 Å². The molecular formula is C14H17N3O3. The van der Waals surface area contributed by atoms with E-state index in [1.165, 1.54) is 0 Å². The highest BCUT2D eigenvalue weighted by atomic mass is 16.5. The summed E-state index contributed by atoms with van der Waals surface area (Å²) >= 11 is 0. The number of ether oxygens (including phenoxy) is 2. The smallest absolute Gasteiger partial charge is 0.258 e. The lowest BCUT2D eigenvalue weighted by atomic mass is 10.3. The van der Waals surface area contributed by atoms with Crippen molar-refractivity contribution in [2.75, 3.05) is 13.7 Å². The number of nitrogens with zero attached hydrogens (tertiary/aromatic N) is 1. The van der Waals surface area contributed by atoms with Crippen molar-refractivity contribution in [1.82, 2.24) is 15.3 Å². The number of amides is 1. The van der Waals surface area contributed by atoms with E-state index in [9.17, 15) is 4.79 Å². The van der Waals surface area contributed by atoms with E-state index >= 15 is 0 Å². The summed E-state index contributed by atoms with van der Waals surface area (Å²) < 4.78 is 10.4. The molecule has 6 nitrogen and oxygen atoms in total. The number of hydrogen-bond acceptors (Lipinski definition) is 4. The predicted octanol–water partition coefficient (Wildman–Crippen LogP) is 1.67. The fraction of sp³-hybridized carbons (Fsp3) is 0.286. The van der Waals surface area contributed by atoms with Crippen molar-refractivity contribution in [3.05, 3.63) is 42.5 Å². The van der Waals surface area contributed by atoms with Crippen molar-refractivity contribution in [2.24, 2.45) is 0 Å². The van der Waals surface area contributed by atoms with E-state index in [1.54, 1.807) is 43.8 Å². The van der Waals surface area contributed by atoms with Crippen LogP contribution in [0.4, 0.5) is 0 Å². The van der Waals surface area contributed by atoms with Crippen molar-refractivity contribution >= 4 is 5.91 Å². The quantitative estimate of drug-likeness (QED) is 0.841. The molecule has 1 unspecified atom stereocenters. The minimum Gasteiger partial charge on any atom is -0.497 e. The summed E-state index contributed by atoms with van der Waals surface area (Å²) in [5.74, 6) is 1.87. The molecule has 1 heterocycles. The molecule has 0 aliphatic carbocycles. The maximum absolute atomic E-state index is 11.7. The Morgan fingerprint density at radius 1 is 1.35 bits per heavy atom. The second kappa shape index (κ2) is 6.60. The Labute approximate surface area is 117 Å². The minimum absolute atomic E-state index is 0.0443. The first-order valence-corrected chi connectivity index (χ1v) is 6.24. The Morgan fingerprint density at radius 2 is 2.05 bits per heavy atom.